The molecule has 7 heteroatoms. The number of nitrogens with one attached hydrogen (secondary N) is 2. The highest BCUT2D eigenvalue weighted by Crippen LogP contribution is 2.18. The fraction of sp³-hybridized carbons (Fsp3) is 0.312. The highest BCUT2D eigenvalue weighted by molar-refractivity contribution is 14.0. The fourth-order valence-corrected chi connectivity index (χ4v) is 1.92. The van der Waals surface area contributed by atoms with Gasteiger partial charge in [-0.15, -0.1) is 24.0 Å². The highest BCUT2D eigenvalue weighted by atomic mass is 127. The second-order valence-electron chi connectivity index (χ2n) is 4.56. The Balaban J connectivity index is 0.00000264. The third-order valence-electron chi connectivity index (χ3n) is 2.99. The molecule has 0 unspecified atom stereocenters. The Bertz CT molecular complexity index is 618. The molecule has 2 rings (SSSR count). The molecule has 2 N–H and O–H groups in total. The molecule has 0 spiro atoms. The Kier molecular flexibility index (Phi) is 8.46. The van der Waals surface area contributed by atoms with Crippen LogP contribution in [0.15, 0.2) is 46.0 Å². The van der Waals surface area contributed by atoms with Crippen LogP contribution in [0.1, 0.15) is 18.2 Å². The van der Waals surface area contributed by atoms with Gasteiger partial charge in [0.05, 0.1) is 19.4 Å². The Morgan fingerprint density at radius 2 is 2.04 bits per heavy atom. The first-order chi connectivity index (χ1) is 10.7. The molecule has 0 bridgehead atoms. The van der Waals surface area contributed by atoms with Crippen LogP contribution >= 0.6 is 24.0 Å². The van der Waals surface area contributed by atoms with Crippen molar-refractivity contribution in [1.29, 1.82) is 0 Å². The van der Waals surface area contributed by atoms with Crippen LogP contribution in [0.5, 0.6) is 5.75 Å². The van der Waals surface area contributed by atoms with Crippen molar-refractivity contribution in [3.05, 3.63) is 53.7 Å². The third-order valence-corrected chi connectivity index (χ3v) is 2.99. The lowest BCUT2D eigenvalue weighted by atomic mass is 10.2. The van der Waals surface area contributed by atoms with E-state index in [4.69, 9.17) is 9.15 Å². The summed E-state index contributed by atoms with van der Waals surface area (Å²) in [5.74, 6) is 1.34. The normalized spacial score (nSPS) is 10.8. The Morgan fingerprint density at radius 3 is 2.65 bits per heavy atom. The zero-order valence-electron chi connectivity index (χ0n) is 13.1. The van der Waals surface area contributed by atoms with E-state index in [-0.39, 0.29) is 35.5 Å². The minimum atomic E-state index is -0.361. The summed E-state index contributed by atoms with van der Waals surface area (Å²) in [6, 6.07) is 8.62. The molecule has 0 atom stereocenters. The number of benzene rings is 1. The van der Waals surface area contributed by atoms with Gasteiger partial charge in [-0.2, -0.15) is 0 Å². The molecule has 1 aromatic carbocycles. The van der Waals surface area contributed by atoms with Crippen molar-refractivity contribution in [1.82, 2.24) is 10.6 Å². The van der Waals surface area contributed by atoms with Crippen LogP contribution in [-0.4, -0.2) is 19.6 Å². The quantitative estimate of drug-likeness (QED) is 0.417. The predicted octanol–water partition coefficient (Wildman–Crippen LogP) is 3.30. The first-order valence-electron chi connectivity index (χ1n) is 7.11. The minimum absolute atomic E-state index is 0. The van der Waals surface area contributed by atoms with E-state index in [0.717, 1.165) is 11.3 Å². The Morgan fingerprint density at radius 1 is 1.26 bits per heavy atom. The van der Waals surface area contributed by atoms with Crippen molar-refractivity contribution in [3.63, 3.8) is 0 Å². The summed E-state index contributed by atoms with van der Waals surface area (Å²) in [5.41, 5.74) is 0.807. The molecular weight excluding hydrogens is 412 g/mol. The number of hydrogen-bond donors (Lipinski definition) is 2. The number of hydrogen-bond acceptors (Lipinski definition) is 3. The van der Waals surface area contributed by atoms with Crippen molar-refractivity contribution in [2.75, 3.05) is 13.7 Å². The molecule has 0 aliphatic rings. The predicted molar refractivity (Wildman–Crippen MR) is 98.7 cm³/mol. The largest absolute Gasteiger partial charge is 0.491 e. The van der Waals surface area contributed by atoms with Crippen LogP contribution in [0.2, 0.25) is 0 Å². The highest BCUT2D eigenvalue weighted by Gasteiger charge is 2.05. The van der Waals surface area contributed by atoms with E-state index in [2.05, 4.69) is 15.6 Å². The molecule has 0 aliphatic carbocycles. The van der Waals surface area contributed by atoms with E-state index in [0.29, 0.717) is 25.7 Å². The van der Waals surface area contributed by atoms with E-state index >= 15 is 0 Å². The molecule has 5 nitrogen and oxygen atoms in total. The Hall–Kier alpha value is -1.77. The van der Waals surface area contributed by atoms with Gasteiger partial charge in [-0.1, -0.05) is 6.07 Å². The second kappa shape index (κ2) is 10.1. The van der Waals surface area contributed by atoms with E-state index in [1.807, 2.05) is 25.1 Å². The first kappa shape index (κ1) is 19.3. The summed E-state index contributed by atoms with van der Waals surface area (Å²) in [4.78, 5) is 4.11. The first-order valence-corrected chi connectivity index (χ1v) is 7.11. The number of furan rings is 1. The van der Waals surface area contributed by atoms with E-state index in [1.54, 1.807) is 19.4 Å². The monoisotopic (exact) mass is 433 g/mol. The second-order valence-corrected chi connectivity index (χ2v) is 4.56. The molecule has 0 saturated carbocycles. The van der Waals surface area contributed by atoms with Gasteiger partial charge in [0.25, 0.3) is 0 Å². The van der Waals surface area contributed by atoms with Crippen LogP contribution in [0, 0.1) is 5.82 Å². The molecule has 1 aromatic heterocycles. The summed E-state index contributed by atoms with van der Waals surface area (Å²) in [5, 5.41) is 6.23. The topological polar surface area (TPSA) is 58.8 Å². The molecule has 2 aromatic rings. The zero-order chi connectivity index (χ0) is 15.8. The lowest BCUT2D eigenvalue weighted by Crippen LogP contribution is -2.36. The van der Waals surface area contributed by atoms with Gasteiger partial charge in [0, 0.05) is 13.6 Å². The maximum Gasteiger partial charge on any atom is 0.191 e. The summed E-state index contributed by atoms with van der Waals surface area (Å²) in [6.07, 6.45) is 1.62. The van der Waals surface area contributed by atoms with Crippen molar-refractivity contribution >= 4 is 29.9 Å². The van der Waals surface area contributed by atoms with Gasteiger partial charge in [-0.05, 0) is 36.8 Å². The SMILES string of the molecule is CCOc1ccc(CNC(=NC)NCc2ccco2)cc1F.I. The number of aliphatic imine (C=N–C) groups is 1. The van der Waals surface area contributed by atoms with E-state index < -0.39 is 0 Å². The molecular formula is C16H21FIN3O2. The molecule has 0 fully saturated rings. The zero-order valence-corrected chi connectivity index (χ0v) is 15.5. The van der Waals surface area contributed by atoms with Gasteiger partial charge in [-0.25, -0.2) is 4.39 Å². The average Bonchev–Trinajstić information content (AvgIpc) is 3.03. The molecule has 1 heterocycles. The standard InChI is InChI=1S/C16H20FN3O2.HI/c1-3-21-15-7-6-12(9-14(15)17)10-19-16(18-2)20-11-13-5-4-8-22-13;/h4-9H,3,10-11H2,1-2H3,(H2,18,19,20);1H. The summed E-state index contributed by atoms with van der Waals surface area (Å²) in [6.45, 7) is 3.26. The van der Waals surface area contributed by atoms with Gasteiger partial charge < -0.3 is 19.8 Å². The van der Waals surface area contributed by atoms with Gasteiger partial charge in [0.15, 0.2) is 17.5 Å². The lowest BCUT2D eigenvalue weighted by molar-refractivity contribution is 0.321. The van der Waals surface area contributed by atoms with Gasteiger partial charge in [0.1, 0.15) is 5.76 Å². The molecule has 0 saturated heterocycles. The molecule has 23 heavy (non-hydrogen) atoms. The van der Waals surface area contributed by atoms with Gasteiger partial charge in [0.2, 0.25) is 0 Å². The molecule has 0 radical (unpaired) electrons. The molecule has 0 amide bonds. The smallest absolute Gasteiger partial charge is 0.191 e. The number of halogens is 2. The van der Waals surface area contributed by atoms with Crippen LogP contribution in [0.4, 0.5) is 4.39 Å². The van der Waals surface area contributed by atoms with Gasteiger partial charge in [-0.3, -0.25) is 4.99 Å². The van der Waals surface area contributed by atoms with Crippen LogP contribution in [0.25, 0.3) is 0 Å². The Labute approximate surface area is 152 Å². The lowest BCUT2D eigenvalue weighted by Gasteiger charge is -2.12. The fourth-order valence-electron chi connectivity index (χ4n) is 1.92. The van der Waals surface area contributed by atoms with Crippen LogP contribution < -0.4 is 15.4 Å². The van der Waals surface area contributed by atoms with Crippen molar-refractivity contribution in [2.45, 2.75) is 20.0 Å². The third kappa shape index (κ3) is 6.09. The summed E-state index contributed by atoms with van der Waals surface area (Å²) >= 11 is 0. The van der Waals surface area contributed by atoms with Crippen LogP contribution in [-0.2, 0) is 13.1 Å². The molecule has 126 valence electrons. The molecule has 0 aliphatic heterocycles. The summed E-state index contributed by atoms with van der Waals surface area (Å²) < 4.78 is 24.2. The number of guanidine groups is 1. The average molecular weight is 433 g/mol. The van der Waals surface area contributed by atoms with Crippen molar-refractivity contribution in [3.8, 4) is 5.75 Å². The summed E-state index contributed by atoms with van der Waals surface area (Å²) in [7, 11) is 1.68. The van der Waals surface area contributed by atoms with E-state index in [9.17, 15) is 4.39 Å². The number of rotatable bonds is 6. The van der Waals surface area contributed by atoms with E-state index in [1.165, 1.54) is 6.07 Å². The maximum atomic E-state index is 13.8. The minimum Gasteiger partial charge on any atom is -0.491 e. The maximum absolute atomic E-state index is 13.8. The number of ether oxygens (including phenoxy) is 1. The van der Waals surface area contributed by atoms with Gasteiger partial charge >= 0.3 is 0 Å². The number of nitrogens with zero attached hydrogens (tertiary/aromatic N) is 1. The van der Waals surface area contributed by atoms with Crippen molar-refractivity contribution in [2.24, 2.45) is 4.99 Å². The van der Waals surface area contributed by atoms with Crippen molar-refractivity contribution < 1.29 is 13.5 Å². The van der Waals surface area contributed by atoms with Crippen LogP contribution in [0.3, 0.4) is 0 Å².